The molecule has 0 amide bonds. The molecule has 7 heteroatoms. The van der Waals surface area contributed by atoms with Crippen molar-refractivity contribution in [3.63, 3.8) is 0 Å². The summed E-state index contributed by atoms with van der Waals surface area (Å²) in [5.41, 5.74) is 0. The molecule has 5 nitrogen and oxygen atoms in total. The predicted molar refractivity (Wildman–Crippen MR) is 96.5 cm³/mol. The maximum atomic E-state index is 10.6. The number of unbranched alkanes of at least 4 members (excludes halogenated alkanes) is 11. The van der Waals surface area contributed by atoms with Crippen LogP contribution in [0, 0.1) is 0 Å². The minimum absolute atomic E-state index is 0. The molecule has 0 aromatic carbocycles. The molecule has 0 aliphatic rings. The van der Waals surface area contributed by atoms with Crippen LogP contribution in [0.5, 0.6) is 0 Å². The Morgan fingerprint density at radius 2 is 1.20 bits per heavy atom. The summed E-state index contributed by atoms with van der Waals surface area (Å²) in [6.07, 6.45) is 15.4. The summed E-state index contributed by atoms with van der Waals surface area (Å²) >= 11 is 0. The number of rotatable bonds is 18. The largest absolute Gasteiger partial charge is 1.00 e. The Labute approximate surface area is 167 Å². The van der Waals surface area contributed by atoms with Crippen LogP contribution in [0.1, 0.15) is 104 Å². The van der Waals surface area contributed by atoms with Gasteiger partial charge in [0.1, 0.15) is 0 Å². The van der Waals surface area contributed by atoms with Crippen LogP contribution >= 0.6 is 0 Å². The molecule has 0 heterocycles. The van der Waals surface area contributed by atoms with Crippen molar-refractivity contribution in [2.45, 2.75) is 110 Å². The van der Waals surface area contributed by atoms with E-state index in [9.17, 15) is 13.0 Å². The van der Waals surface area contributed by atoms with E-state index in [0.717, 1.165) is 12.8 Å². The maximum Gasteiger partial charge on any atom is 1.00 e. The van der Waals surface area contributed by atoms with Crippen molar-refractivity contribution in [1.29, 1.82) is 0 Å². The van der Waals surface area contributed by atoms with Crippen LogP contribution in [-0.4, -0.2) is 25.9 Å². The van der Waals surface area contributed by atoms with Gasteiger partial charge in [-0.1, -0.05) is 90.9 Å². The third-order valence-electron chi connectivity index (χ3n) is 4.05. The minimum atomic E-state index is -4.69. The molecule has 0 radical (unpaired) electrons. The van der Waals surface area contributed by atoms with Gasteiger partial charge >= 0.3 is 18.9 Å². The van der Waals surface area contributed by atoms with Gasteiger partial charge in [0.2, 0.25) is 10.4 Å². The van der Waals surface area contributed by atoms with E-state index < -0.39 is 16.7 Å². The predicted octanol–water partition coefficient (Wildman–Crippen LogP) is 2.31. The molecule has 0 fully saturated rings. The Morgan fingerprint density at radius 3 is 1.60 bits per heavy atom. The van der Waals surface area contributed by atoms with Gasteiger partial charge in [-0.05, 0) is 12.8 Å². The van der Waals surface area contributed by atoms with Gasteiger partial charge in [0.25, 0.3) is 0 Å². The Kier molecular flexibility index (Phi) is 21.2. The second-order valence-corrected chi connectivity index (χ2v) is 7.49. The second-order valence-electron chi connectivity index (χ2n) is 6.48. The van der Waals surface area contributed by atoms with Gasteiger partial charge in [-0.15, -0.1) is 0 Å². The van der Waals surface area contributed by atoms with Crippen LogP contribution in [0.15, 0.2) is 0 Å². The van der Waals surface area contributed by atoms with Gasteiger partial charge in [-0.25, -0.2) is 12.6 Å². The van der Waals surface area contributed by atoms with Gasteiger partial charge < -0.3 is 9.29 Å². The fourth-order valence-electron chi connectivity index (χ4n) is 2.68. The van der Waals surface area contributed by atoms with Crippen LogP contribution in [0.2, 0.25) is 0 Å². The summed E-state index contributed by atoms with van der Waals surface area (Å²) in [5, 5.41) is 0. The number of ether oxygens (including phenoxy) is 1. The zero-order valence-corrected chi connectivity index (χ0v) is 17.4. The molecule has 0 N–H and O–H groups in total. The smallest absolute Gasteiger partial charge is 0.725 e. The van der Waals surface area contributed by atoms with Crippen LogP contribution in [0.25, 0.3) is 0 Å². The molecule has 0 saturated carbocycles. The zero-order chi connectivity index (χ0) is 18.1. The monoisotopic (exact) mass is 372 g/mol. The average molecular weight is 372 g/mol. The molecule has 25 heavy (non-hydrogen) atoms. The van der Waals surface area contributed by atoms with Crippen LogP contribution in [-0.2, 0) is 19.3 Å². The van der Waals surface area contributed by atoms with Crippen molar-refractivity contribution in [2.24, 2.45) is 0 Å². The summed E-state index contributed by atoms with van der Waals surface area (Å²) in [4.78, 5) is 0. The van der Waals surface area contributed by atoms with E-state index in [-0.39, 0.29) is 18.9 Å². The van der Waals surface area contributed by atoms with Crippen molar-refractivity contribution in [3.8, 4) is 0 Å². The number of hydrogen-bond acceptors (Lipinski definition) is 5. The molecule has 0 spiro atoms. The molecule has 0 aliphatic heterocycles. The summed E-state index contributed by atoms with van der Waals surface area (Å²) in [6.45, 7) is 4.58. The standard InChI is InChI=1S/C18H38O5S.Li/c1-3-5-6-7-8-9-10-11-12-13-14-15-17-22-18(16-4-2)23-24(19,20)21;/h18H,3-17H2,1-2H3,(H,19,20,21);/q;+1/p-1. The van der Waals surface area contributed by atoms with E-state index in [2.05, 4.69) is 11.1 Å². The summed E-state index contributed by atoms with van der Waals surface area (Å²) in [5.74, 6) is 0. The fourth-order valence-corrected chi connectivity index (χ4v) is 3.10. The molecule has 146 valence electrons. The van der Waals surface area contributed by atoms with Gasteiger partial charge in [0.15, 0.2) is 6.29 Å². The Morgan fingerprint density at radius 1 is 0.760 bits per heavy atom. The second kappa shape index (κ2) is 19.2. The van der Waals surface area contributed by atoms with Gasteiger partial charge in [-0.2, -0.15) is 0 Å². The Balaban J connectivity index is 0. The molecule has 0 aromatic heterocycles. The van der Waals surface area contributed by atoms with Gasteiger partial charge in [-0.3, -0.25) is 0 Å². The first-order chi connectivity index (χ1) is 11.5. The molecule has 0 rings (SSSR count). The van der Waals surface area contributed by atoms with Crippen molar-refractivity contribution >= 4 is 10.4 Å². The van der Waals surface area contributed by atoms with Crippen LogP contribution in [0.4, 0.5) is 0 Å². The first-order valence-electron chi connectivity index (χ1n) is 9.75. The van der Waals surface area contributed by atoms with Crippen molar-refractivity contribution in [1.82, 2.24) is 0 Å². The molecule has 1 unspecified atom stereocenters. The molecule has 0 saturated heterocycles. The Hall–Kier alpha value is 0.427. The molecule has 1 atom stereocenters. The molecular weight excluding hydrogens is 335 g/mol. The topological polar surface area (TPSA) is 75.7 Å². The van der Waals surface area contributed by atoms with E-state index in [1.807, 2.05) is 6.92 Å². The summed E-state index contributed by atoms with van der Waals surface area (Å²) in [6, 6.07) is 0. The zero-order valence-electron chi connectivity index (χ0n) is 16.6. The summed E-state index contributed by atoms with van der Waals surface area (Å²) in [7, 11) is -4.69. The van der Waals surface area contributed by atoms with E-state index in [1.165, 1.54) is 64.2 Å². The van der Waals surface area contributed by atoms with Crippen LogP contribution < -0.4 is 18.9 Å². The van der Waals surface area contributed by atoms with Crippen molar-refractivity contribution < 1.29 is 40.8 Å². The first-order valence-corrected chi connectivity index (χ1v) is 11.1. The van der Waals surface area contributed by atoms with E-state index in [0.29, 0.717) is 19.4 Å². The molecule has 0 aliphatic carbocycles. The SMILES string of the molecule is CCCCCCCCCCCCCCOC(CCC)OS(=O)(=O)[O-].[Li+]. The van der Waals surface area contributed by atoms with E-state index in [4.69, 9.17) is 4.74 Å². The molecule has 0 bridgehead atoms. The van der Waals surface area contributed by atoms with E-state index >= 15 is 0 Å². The van der Waals surface area contributed by atoms with E-state index in [1.54, 1.807) is 0 Å². The van der Waals surface area contributed by atoms with Crippen molar-refractivity contribution in [3.05, 3.63) is 0 Å². The molecule has 0 aromatic rings. The Bertz CT molecular complexity index is 362. The maximum absolute atomic E-state index is 10.6. The fraction of sp³-hybridized carbons (Fsp3) is 1.00. The normalized spacial score (nSPS) is 12.8. The van der Waals surface area contributed by atoms with Crippen molar-refractivity contribution in [2.75, 3.05) is 6.61 Å². The van der Waals surface area contributed by atoms with Gasteiger partial charge in [0.05, 0.1) is 0 Å². The number of hydrogen-bond donors (Lipinski definition) is 0. The third kappa shape index (κ3) is 22.4. The first kappa shape index (κ1) is 27.6. The minimum Gasteiger partial charge on any atom is -0.725 e. The van der Waals surface area contributed by atoms with Gasteiger partial charge in [0, 0.05) is 6.61 Å². The third-order valence-corrected chi connectivity index (χ3v) is 4.50. The average Bonchev–Trinajstić information content (AvgIpc) is 2.50. The summed E-state index contributed by atoms with van der Waals surface area (Å²) < 4.78 is 41.5. The van der Waals surface area contributed by atoms with Crippen LogP contribution in [0.3, 0.4) is 0 Å². The quantitative estimate of drug-likeness (QED) is 0.121. The molecular formula is C18H37LiO5S.